The van der Waals surface area contributed by atoms with Gasteiger partial charge in [-0.1, -0.05) is 42.5 Å². The van der Waals surface area contributed by atoms with E-state index in [-0.39, 0.29) is 5.54 Å². The van der Waals surface area contributed by atoms with Crippen LogP contribution >= 0.6 is 0 Å². The molecule has 0 bridgehead atoms. The van der Waals surface area contributed by atoms with Gasteiger partial charge in [-0.2, -0.15) is 0 Å². The van der Waals surface area contributed by atoms with Crippen molar-refractivity contribution in [1.82, 2.24) is 25.0 Å². The van der Waals surface area contributed by atoms with E-state index in [1.807, 2.05) is 60.7 Å². The summed E-state index contributed by atoms with van der Waals surface area (Å²) >= 11 is 0. The molecule has 0 unspecified atom stereocenters. The van der Waals surface area contributed by atoms with Crippen molar-refractivity contribution < 1.29 is 8.83 Å². The Bertz CT molecular complexity index is 2080. The molecule has 0 fully saturated rings. The van der Waals surface area contributed by atoms with Crippen LogP contribution in [0, 0.1) is 6.92 Å². The Morgan fingerprint density at radius 2 is 1.10 bits per heavy atom. The molecule has 0 atom stereocenters. The highest BCUT2D eigenvalue weighted by atomic mass is 16.4. The topological polar surface area (TPSA) is 82.8 Å². The summed E-state index contributed by atoms with van der Waals surface area (Å²) in [6, 6.07) is 32.5. The maximum absolute atomic E-state index is 6.07. The molecular weight excluding hydrogens is 510 g/mol. The molecule has 1 aliphatic heterocycles. The Hall–Kier alpha value is -5.30. The second-order valence-electron chi connectivity index (χ2n) is 10.9. The Morgan fingerprint density at radius 1 is 0.585 bits per heavy atom. The zero-order chi connectivity index (χ0) is 27.7. The molecule has 1 aliphatic rings. The molecule has 7 nitrogen and oxygen atoms in total. The van der Waals surface area contributed by atoms with E-state index in [0.717, 1.165) is 27.8 Å². The molecule has 41 heavy (non-hydrogen) atoms. The Kier molecular flexibility index (Phi) is 4.94. The van der Waals surface area contributed by atoms with Gasteiger partial charge >= 0.3 is 0 Å². The second-order valence-corrected chi connectivity index (χ2v) is 10.9. The van der Waals surface area contributed by atoms with Crippen molar-refractivity contribution in [2.75, 3.05) is 0 Å². The summed E-state index contributed by atoms with van der Waals surface area (Å²) < 4.78 is 14.6. The van der Waals surface area contributed by atoms with Crippen LogP contribution in [-0.4, -0.2) is 25.0 Å². The second kappa shape index (κ2) is 8.60. The van der Waals surface area contributed by atoms with Crippen molar-refractivity contribution in [2.45, 2.75) is 26.3 Å². The van der Waals surface area contributed by atoms with Crippen LogP contribution in [0.5, 0.6) is 0 Å². The molecule has 0 saturated heterocycles. The van der Waals surface area contributed by atoms with Crippen molar-refractivity contribution in [3.63, 3.8) is 0 Å². The molecule has 8 rings (SSSR count). The third-order valence-electron chi connectivity index (χ3n) is 8.10. The maximum Gasteiger partial charge on any atom is 0.248 e. The molecule has 0 radical (unpaired) electrons. The molecule has 198 valence electrons. The van der Waals surface area contributed by atoms with E-state index in [4.69, 9.17) is 8.83 Å². The van der Waals surface area contributed by atoms with Gasteiger partial charge in [0, 0.05) is 38.7 Å². The highest BCUT2D eigenvalue weighted by Gasteiger charge is 2.38. The lowest BCUT2D eigenvalue weighted by Gasteiger charge is -2.25. The third-order valence-corrected chi connectivity index (χ3v) is 8.10. The molecule has 7 aromatic rings. The Morgan fingerprint density at radius 3 is 1.68 bits per heavy atom. The Labute approximate surface area is 236 Å². The quantitative estimate of drug-likeness (QED) is 0.226. The van der Waals surface area contributed by atoms with Crippen molar-refractivity contribution in [3.8, 4) is 57.1 Å². The van der Waals surface area contributed by atoms with Crippen molar-refractivity contribution in [1.29, 1.82) is 0 Å². The first-order chi connectivity index (χ1) is 20.0. The van der Waals surface area contributed by atoms with Crippen LogP contribution in [0.15, 0.2) is 106 Å². The van der Waals surface area contributed by atoms with E-state index in [1.165, 1.54) is 27.8 Å². The molecule has 0 aliphatic carbocycles. The lowest BCUT2D eigenvalue weighted by atomic mass is 9.90. The number of nitrogens with zero attached hydrogens (tertiary/aromatic N) is 5. The molecule has 0 N–H and O–H groups in total. The van der Waals surface area contributed by atoms with Gasteiger partial charge in [0.1, 0.15) is 0 Å². The minimum atomic E-state index is -0.290. The van der Waals surface area contributed by atoms with E-state index in [2.05, 4.69) is 82.1 Å². The zero-order valence-electron chi connectivity index (χ0n) is 22.8. The van der Waals surface area contributed by atoms with Crippen molar-refractivity contribution in [2.24, 2.45) is 0 Å². The zero-order valence-corrected chi connectivity index (χ0v) is 22.8. The van der Waals surface area contributed by atoms with Crippen LogP contribution in [0.2, 0.25) is 0 Å². The molecule has 7 heteroatoms. The molecule has 0 amide bonds. The summed E-state index contributed by atoms with van der Waals surface area (Å²) in [5.41, 5.74) is 9.36. The number of aromatic nitrogens is 5. The van der Waals surface area contributed by atoms with Crippen molar-refractivity contribution >= 4 is 10.9 Å². The normalized spacial score (nSPS) is 13.4. The van der Waals surface area contributed by atoms with E-state index >= 15 is 0 Å². The van der Waals surface area contributed by atoms with E-state index in [0.29, 0.717) is 23.6 Å². The first-order valence-electron chi connectivity index (χ1n) is 13.6. The number of hydrogen-bond donors (Lipinski definition) is 0. The predicted octanol–water partition coefficient (Wildman–Crippen LogP) is 8.15. The number of benzene rings is 4. The summed E-state index contributed by atoms with van der Waals surface area (Å²) in [5.74, 6) is 2.05. The fraction of sp³-hybridized carbons (Fsp3) is 0.118. The average molecular weight is 536 g/mol. The molecule has 0 saturated carbocycles. The van der Waals surface area contributed by atoms with Crippen LogP contribution in [0.4, 0.5) is 0 Å². The lowest BCUT2D eigenvalue weighted by molar-refractivity contribution is 0.475. The SMILES string of the molecule is Cc1c2n(c3ccc(-c4nnc(-c5ccccc5)o4)cc13)C(C)(C)c1cc(-c3nnc(-c4ccccc4)o3)ccc1-2. The third kappa shape index (κ3) is 3.52. The first kappa shape index (κ1) is 23.6. The molecule has 3 aromatic heterocycles. The number of fused-ring (bicyclic) bond motifs is 5. The van der Waals surface area contributed by atoms with Crippen LogP contribution in [-0.2, 0) is 5.54 Å². The van der Waals surface area contributed by atoms with E-state index in [9.17, 15) is 0 Å². The number of rotatable bonds is 4. The summed E-state index contributed by atoms with van der Waals surface area (Å²) in [4.78, 5) is 0. The monoisotopic (exact) mass is 535 g/mol. The van der Waals surface area contributed by atoms with Gasteiger partial charge in [-0.05, 0) is 86.5 Å². The van der Waals surface area contributed by atoms with Gasteiger partial charge < -0.3 is 13.4 Å². The standard InChI is InChI=1S/C34H25N5O2/c1-20-26-18-23(32-37-35-30(40-32)21-10-6-4-7-11-21)15-17-28(26)39-29(20)25-16-14-24(19-27(25)34(39,2)3)33-38-36-31(41-33)22-12-8-5-9-13-22/h4-19H,1-3H3. The summed E-state index contributed by atoms with van der Waals surface area (Å²) in [5, 5.41) is 18.4. The number of hydrogen-bond acceptors (Lipinski definition) is 6. The number of aryl methyl sites for hydroxylation is 1. The van der Waals surface area contributed by atoms with Gasteiger partial charge in [-0.3, -0.25) is 0 Å². The fourth-order valence-electron chi connectivity index (χ4n) is 6.07. The summed E-state index contributed by atoms with van der Waals surface area (Å²) in [7, 11) is 0. The van der Waals surface area contributed by atoms with Gasteiger partial charge in [-0.25, -0.2) is 0 Å². The average Bonchev–Trinajstić information content (AvgIpc) is 3.79. The van der Waals surface area contributed by atoms with Crippen LogP contribution in [0.3, 0.4) is 0 Å². The van der Waals surface area contributed by atoms with Crippen LogP contribution in [0.1, 0.15) is 25.0 Å². The largest absolute Gasteiger partial charge is 0.416 e. The van der Waals surface area contributed by atoms with Gasteiger partial charge in [0.2, 0.25) is 23.6 Å². The minimum Gasteiger partial charge on any atom is -0.416 e. The van der Waals surface area contributed by atoms with Crippen molar-refractivity contribution in [3.05, 3.63) is 108 Å². The van der Waals surface area contributed by atoms with Gasteiger partial charge in [0.25, 0.3) is 0 Å². The van der Waals surface area contributed by atoms with Crippen LogP contribution in [0.25, 0.3) is 68.0 Å². The molecule has 4 aromatic carbocycles. The molecular formula is C34H25N5O2. The highest BCUT2D eigenvalue weighted by molar-refractivity contribution is 5.97. The predicted molar refractivity (Wildman–Crippen MR) is 158 cm³/mol. The van der Waals surface area contributed by atoms with Gasteiger partial charge in [0.05, 0.1) is 11.2 Å². The lowest BCUT2D eigenvalue weighted by Crippen LogP contribution is -2.23. The highest BCUT2D eigenvalue weighted by Crippen LogP contribution is 2.50. The Balaban J connectivity index is 1.19. The summed E-state index contributed by atoms with van der Waals surface area (Å²) in [6.07, 6.45) is 0. The molecule has 0 spiro atoms. The maximum atomic E-state index is 6.07. The summed E-state index contributed by atoms with van der Waals surface area (Å²) in [6.45, 7) is 6.70. The van der Waals surface area contributed by atoms with E-state index < -0.39 is 0 Å². The van der Waals surface area contributed by atoms with Gasteiger partial charge in [-0.15, -0.1) is 20.4 Å². The smallest absolute Gasteiger partial charge is 0.248 e. The fourth-order valence-corrected chi connectivity index (χ4v) is 6.07. The van der Waals surface area contributed by atoms with Gasteiger partial charge in [0.15, 0.2) is 0 Å². The minimum absolute atomic E-state index is 0.290. The molecule has 4 heterocycles. The van der Waals surface area contributed by atoms with Crippen LogP contribution < -0.4 is 0 Å². The first-order valence-corrected chi connectivity index (χ1v) is 13.6. The van der Waals surface area contributed by atoms with E-state index in [1.54, 1.807) is 0 Å².